The third-order valence-corrected chi connectivity index (χ3v) is 1.83. The van der Waals surface area contributed by atoms with Gasteiger partial charge in [-0.15, -0.1) is 12.4 Å². The van der Waals surface area contributed by atoms with Gasteiger partial charge in [0.2, 0.25) is 0 Å². The predicted octanol–water partition coefficient (Wildman–Crippen LogP) is 1.88. The van der Waals surface area contributed by atoms with E-state index in [1.807, 2.05) is 0 Å². The SMILES string of the molecule is CC(C(=O)O)c1ccccc1N.Cl. The van der Waals surface area contributed by atoms with Gasteiger partial charge in [0.25, 0.3) is 0 Å². The fraction of sp³-hybridized carbons (Fsp3) is 0.222. The molecule has 1 aromatic rings. The van der Waals surface area contributed by atoms with Crippen molar-refractivity contribution >= 4 is 24.1 Å². The van der Waals surface area contributed by atoms with E-state index in [9.17, 15) is 4.79 Å². The van der Waals surface area contributed by atoms with E-state index in [0.29, 0.717) is 11.3 Å². The van der Waals surface area contributed by atoms with Crippen molar-refractivity contribution in [2.75, 3.05) is 5.73 Å². The summed E-state index contributed by atoms with van der Waals surface area (Å²) in [7, 11) is 0. The van der Waals surface area contributed by atoms with Crippen molar-refractivity contribution in [2.45, 2.75) is 12.8 Å². The number of anilines is 1. The largest absolute Gasteiger partial charge is 0.481 e. The second-order valence-corrected chi connectivity index (χ2v) is 2.69. The molecule has 0 heterocycles. The van der Waals surface area contributed by atoms with E-state index in [2.05, 4.69) is 0 Å². The summed E-state index contributed by atoms with van der Waals surface area (Å²) in [5.74, 6) is -1.39. The Kier molecular flexibility index (Phi) is 4.28. The van der Waals surface area contributed by atoms with Gasteiger partial charge < -0.3 is 10.8 Å². The molecule has 3 nitrogen and oxygen atoms in total. The zero-order chi connectivity index (χ0) is 9.14. The number of carboxylic acid groups (broad SMARTS) is 1. The number of para-hydroxylation sites is 1. The van der Waals surface area contributed by atoms with Gasteiger partial charge in [-0.25, -0.2) is 0 Å². The van der Waals surface area contributed by atoms with Gasteiger partial charge in [-0.1, -0.05) is 18.2 Å². The molecule has 0 amide bonds. The number of hydrogen-bond acceptors (Lipinski definition) is 2. The first kappa shape index (κ1) is 11.8. The summed E-state index contributed by atoms with van der Waals surface area (Å²) in [4.78, 5) is 10.6. The van der Waals surface area contributed by atoms with Crippen LogP contribution in [0.4, 0.5) is 5.69 Å². The predicted molar refractivity (Wildman–Crippen MR) is 54.2 cm³/mol. The maximum Gasteiger partial charge on any atom is 0.310 e. The van der Waals surface area contributed by atoms with Gasteiger partial charge in [0.1, 0.15) is 0 Å². The molecule has 1 atom stereocenters. The third-order valence-electron chi connectivity index (χ3n) is 1.83. The molecule has 0 spiro atoms. The molecule has 0 aliphatic carbocycles. The molecule has 72 valence electrons. The van der Waals surface area contributed by atoms with Crippen LogP contribution in [-0.4, -0.2) is 11.1 Å². The molecule has 1 rings (SSSR count). The summed E-state index contributed by atoms with van der Waals surface area (Å²) < 4.78 is 0. The van der Waals surface area contributed by atoms with Crippen LogP contribution in [0.25, 0.3) is 0 Å². The first-order chi connectivity index (χ1) is 5.63. The lowest BCUT2D eigenvalue weighted by molar-refractivity contribution is -0.138. The summed E-state index contributed by atoms with van der Waals surface area (Å²) in [5.41, 5.74) is 6.80. The van der Waals surface area contributed by atoms with E-state index in [4.69, 9.17) is 10.8 Å². The van der Waals surface area contributed by atoms with Gasteiger partial charge in [0, 0.05) is 5.69 Å². The molecule has 0 aliphatic heterocycles. The summed E-state index contributed by atoms with van der Waals surface area (Å²) in [6, 6.07) is 7.00. The molecule has 0 radical (unpaired) electrons. The van der Waals surface area contributed by atoms with Crippen molar-refractivity contribution in [3.8, 4) is 0 Å². The monoisotopic (exact) mass is 201 g/mol. The van der Waals surface area contributed by atoms with Crippen molar-refractivity contribution in [1.29, 1.82) is 0 Å². The number of rotatable bonds is 2. The van der Waals surface area contributed by atoms with Crippen LogP contribution in [0.1, 0.15) is 18.4 Å². The van der Waals surface area contributed by atoms with E-state index < -0.39 is 11.9 Å². The maximum atomic E-state index is 10.6. The van der Waals surface area contributed by atoms with E-state index in [-0.39, 0.29) is 12.4 Å². The smallest absolute Gasteiger partial charge is 0.310 e. The average molecular weight is 202 g/mol. The Morgan fingerprint density at radius 3 is 2.46 bits per heavy atom. The van der Waals surface area contributed by atoms with Gasteiger partial charge in [0.15, 0.2) is 0 Å². The molecule has 1 unspecified atom stereocenters. The second kappa shape index (κ2) is 4.72. The van der Waals surface area contributed by atoms with Crippen molar-refractivity contribution in [1.82, 2.24) is 0 Å². The summed E-state index contributed by atoms with van der Waals surface area (Å²) in [5, 5.41) is 8.70. The van der Waals surface area contributed by atoms with Gasteiger partial charge in [-0.2, -0.15) is 0 Å². The van der Waals surface area contributed by atoms with Gasteiger partial charge in [0.05, 0.1) is 5.92 Å². The third kappa shape index (κ3) is 2.63. The van der Waals surface area contributed by atoms with Crippen molar-refractivity contribution in [3.05, 3.63) is 29.8 Å². The lowest BCUT2D eigenvalue weighted by Crippen LogP contribution is -2.09. The first-order valence-corrected chi connectivity index (χ1v) is 3.70. The van der Waals surface area contributed by atoms with E-state index >= 15 is 0 Å². The average Bonchev–Trinajstić information content (AvgIpc) is 2.04. The van der Waals surface area contributed by atoms with Crippen LogP contribution in [0, 0.1) is 0 Å². The fourth-order valence-corrected chi connectivity index (χ4v) is 1.04. The number of hydrogen-bond donors (Lipinski definition) is 2. The van der Waals surface area contributed by atoms with Crippen molar-refractivity contribution < 1.29 is 9.90 Å². The summed E-state index contributed by atoms with van der Waals surface area (Å²) >= 11 is 0. The Balaban J connectivity index is 0.00000144. The van der Waals surface area contributed by atoms with Crippen LogP contribution in [0.2, 0.25) is 0 Å². The normalized spacial score (nSPS) is 11.5. The number of carboxylic acids is 1. The molecule has 0 aliphatic rings. The number of halogens is 1. The number of nitrogens with two attached hydrogens (primary N) is 1. The molecule has 1 aromatic carbocycles. The minimum absolute atomic E-state index is 0. The molecule has 0 bridgehead atoms. The standard InChI is InChI=1S/C9H11NO2.ClH/c1-6(9(11)12)7-4-2-3-5-8(7)10;/h2-6H,10H2,1H3,(H,11,12);1H. The molecule has 3 N–H and O–H groups in total. The quantitative estimate of drug-likeness (QED) is 0.719. The molecule has 0 saturated carbocycles. The first-order valence-electron chi connectivity index (χ1n) is 3.70. The highest BCUT2D eigenvalue weighted by Crippen LogP contribution is 2.21. The molecule has 0 saturated heterocycles. The Labute approximate surface area is 83.0 Å². The minimum Gasteiger partial charge on any atom is -0.481 e. The molecule has 13 heavy (non-hydrogen) atoms. The number of benzene rings is 1. The van der Waals surface area contributed by atoms with Crippen LogP contribution in [0.3, 0.4) is 0 Å². The van der Waals surface area contributed by atoms with Crippen LogP contribution in [-0.2, 0) is 4.79 Å². The molecule has 0 aromatic heterocycles. The van der Waals surface area contributed by atoms with Crippen molar-refractivity contribution in [2.24, 2.45) is 0 Å². The number of aliphatic carboxylic acids is 1. The highest BCUT2D eigenvalue weighted by Gasteiger charge is 2.15. The Bertz CT molecular complexity index is 301. The van der Waals surface area contributed by atoms with Crippen molar-refractivity contribution in [3.63, 3.8) is 0 Å². The zero-order valence-corrected chi connectivity index (χ0v) is 8.04. The van der Waals surface area contributed by atoms with Crippen LogP contribution < -0.4 is 5.73 Å². The molecular weight excluding hydrogens is 190 g/mol. The summed E-state index contributed by atoms with van der Waals surface area (Å²) in [6.07, 6.45) is 0. The topological polar surface area (TPSA) is 63.3 Å². The second-order valence-electron chi connectivity index (χ2n) is 2.69. The minimum atomic E-state index is -0.854. The van der Waals surface area contributed by atoms with E-state index in [1.165, 1.54) is 0 Å². The number of carbonyl (C=O) groups is 1. The lowest BCUT2D eigenvalue weighted by atomic mass is 10.00. The lowest BCUT2D eigenvalue weighted by Gasteiger charge is -2.08. The van der Waals surface area contributed by atoms with Gasteiger partial charge in [-0.3, -0.25) is 4.79 Å². The van der Waals surface area contributed by atoms with Crippen LogP contribution in [0.15, 0.2) is 24.3 Å². The Hall–Kier alpha value is -1.22. The highest BCUT2D eigenvalue weighted by atomic mass is 35.5. The van der Waals surface area contributed by atoms with E-state index in [1.54, 1.807) is 31.2 Å². The van der Waals surface area contributed by atoms with Crippen LogP contribution in [0.5, 0.6) is 0 Å². The van der Waals surface area contributed by atoms with E-state index in [0.717, 1.165) is 0 Å². The number of nitrogen functional groups attached to an aromatic ring is 1. The van der Waals surface area contributed by atoms with Crippen LogP contribution >= 0.6 is 12.4 Å². The Morgan fingerprint density at radius 1 is 1.46 bits per heavy atom. The maximum absolute atomic E-state index is 10.6. The summed E-state index contributed by atoms with van der Waals surface area (Å²) in [6.45, 7) is 1.62. The highest BCUT2D eigenvalue weighted by molar-refractivity contribution is 5.85. The molecular formula is C9H12ClNO2. The fourth-order valence-electron chi connectivity index (χ4n) is 1.04. The molecule has 0 fully saturated rings. The van der Waals surface area contributed by atoms with Gasteiger partial charge in [-0.05, 0) is 18.6 Å². The Morgan fingerprint density at radius 2 is 2.00 bits per heavy atom. The zero-order valence-electron chi connectivity index (χ0n) is 7.23. The van der Waals surface area contributed by atoms with Gasteiger partial charge >= 0.3 is 5.97 Å². The molecule has 4 heteroatoms.